The fourth-order valence-corrected chi connectivity index (χ4v) is 2.04. The lowest BCUT2D eigenvalue weighted by Gasteiger charge is -2.35. The van der Waals surface area contributed by atoms with Gasteiger partial charge in [-0.3, -0.25) is 4.90 Å². The molecule has 0 aliphatic heterocycles. The first-order chi connectivity index (χ1) is 8.74. The molecular weight excluding hydrogens is 228 g/mol. The molecule has 0 aliphatic rings. The highest BCUT2D eigenvalue weighted by Gasteiger charge is 2.23. The van der Waals surface area contributed by atoms with Gasteiger partial charge in [-0.25, -0.2) is 9.97 Å². The van der Waals surface area contributed by atoms with Crippen LogP contribution in [-0.4, -0.2) is 47.7 Å². The van der Waals surface area contributed by atoms with E-state index in [0.29, 0.717) is 19.2 Å². The first-order valence-electron chi connectivity index (χ1n) is 6.45. The lowest BCUT2D eigenvalue weighted by molar-refractivity contribution is 0.0886. The highest BCUT2D eigenvalue weighted by atomic mass is 16.5. The van der Waals surface area contributed by atoms with Gasteiger partial charge in [0.25, 0.3) is 0 Å². The molecule has 5 heteroatoms. The van der Waals surface area contributed by atoms with Crippen molar-refractivity contribution in [1.82, 2.24) is 14.9 Å². The summed E-state index contributed by atoms with van der Waals surface area (Å²) >= 11 is 0. The van der Waals surface area contributed by atoms with E-state index < -0.39 is 0 Å². The molecule has 0 aliphatic carbocycles. The predicted molar refractivity (Wildman–Crippen MR) is 72.2 cm³/mol. The molecule has 0 aromatic carbocycles. The largest absolute Gasteiger partial charge is 0.383 e. The summed E-state index contributed by atoms with van der Waals surface area (Å²) in [5, 5.41) is 0. The maximum absolute atomic E-state index is 5.93. The van der Waals surface area contributed by atoms with E-state index in [1.54, 1.807) is 19.6 Å². The molecule has 0 bridgehead atoms. The van der Waals surface area contributed by atoms with Crippen LogP contribution in [0.25, 0.3) is 0 Å². The molecule has 5 nitrogen and oxygen atoms in total. The molecule has 1 rings (SSSR count). The highest BCUT2D eigenvalue weighted by molar-refractivity contribution is 5.06. The Morgan fingerprint density at radius 3 is 2.78 bits per heavy atom. The van der Waals surface area contributed by atoms with Gasteiger partial charge in [-0.05, 0) is 19.4 Å². The summed E-state index contributed by atoms with van der Waals surface area (Å²) in [4.78, 5) is 10.6. The van der Waals surface area contributed by atoms with Crippen molar-refractivity contribution in [1.29, 1.82) is 0 Å². The molecule has 0 amide bonds. The Morgan fingerprint density at radius 2 is 2.28 bits per heavy atom. The quantitative estimate of drug-likeness (QED) is 0.753. The van der Waals surface area contributed by atoms with Crippen LogP contribution < -0.4 is 5.73 Å². The van der Waals surface area contributed by atoms with E-state index in [9.17, 15) is 0 Å². The Hall–Kier alpha value is -1.04. The number of nitrogens with two attached hydrogens (primary N) is 1. The molecule has 1 aromatic heterocycles. The van der Waals surface area contributed by atoms with Crippen molar-refractivity contribution >= 4 is 0 Å². The number of ether oxygens (including phenoxy) is 1. The van der Waals surface area contributed by atoms with Gasteiger partial charge in [0.1, 0.15) is 6.33 Å². The van der Waals surface area contributed by atoms with Crippen molar-refractivity contribution in [3.63, 3.8) is 0 Å². The van der Waals surface area contributed by atoms with Crippen molar-refractivity contribution in [2.75, 3.05) is 26.8 Å². The third-order valence-corrected chi connectivity index (χ3v) is 3.28. The summed E-state index contributed by atoms with van der Waals surface area (Å²) in [6.07, 6.45) is 4.41. The molecule has 0 fully saturated rings. The second-order valence-electron chi connectivity index (χ2n) is 4.37. The number of rotatable bonds is 8. The summed E-state index contributed by atoms with van der Waals surface area (Å²) in [6, 6.07) is 2.50. The summed E-state index contributed by atoms with van der Waals surface area (Å²) in [5.41, 5.74) is 6.90. The van der Waals surface area contributed by atoms with Gasteiger partial charge in [-0.15, -0.1) is 0 Å². The summed E-state index contributed by atoms with van der Waals surface area (Å²) in [6.45, 7) is 6.49. The standard InChI is InChI=1S/C13H24N4O/c1-4-11(2)17(7-8-18-3)13(9-14)12-5-6-15-10-16-12/h5-6,10-11,13H,4,7-9,14H2,1-3H3. The maximum atomic E-state index is 5.93. The molecule has 1 aromatic rings. The number of hydrogen-bond acceptors (Lipinski definition) is 5. The number of aromatic nitrogens is 2. The van der Waals surface area contributed by atoms with Crippen LogP contribution in [0.5, 0.6) is 0 Å². The fourth-order valence-electron chi connectivity index (χ4n) is 2.04. The van der Waals surface area contributed by atoms with E-state index in [4.69, 9.17) is 10.5 Å². The van der Waals surface area contributed by atoms with Crippen LogP contribution in [0.2, 0.25) is 0 Å². The number of methoxy groups -OCH3 is 1. The Kier molecular flexibility index (Phi) is 6.78. The molecule has 2 unspecified atom stereocenters. The topological polar surface area (TPSA) is 64.3 Å². The van der Waals surface area contributed by atoms with Gasteiger partial charge in [-0.2, -0.15) is 0 Å². The van der Waals surface area contributed by atoms with Crippen LogP contribution in [0.3, 0.4) is 0 Å². The molecule has 0 spiro atoms. The zero-order chi connectivity index (χ0) is 13.4. The van der Waals surface area contributed by atoms with E-state index >= 15 is 0 Å². The summed E-state index contributed by atoms with van der Waals surface area (Å²) in [5.74, 6) is 0. The lowest BCUT2D eigenvalue weighted by atomic mass is 10.1. The molecular formula is C13H24N4O. The SMILES string of the molecule is CCC(C)N(CCOC)C(CN)c1ccncn1. The van der Waals surface area contributed by atoms with Gasteiger partial charge < -0.3 is 10.5 Å². The zero-order valence-corrected chi connectivity index (χ0v) is 11.5. The molecule has 2 N–H and O–H groups in total. The van der Waals surface area contributed by atoms with Crippen molar-refractivity contribution in [2.45, 2.75) is 32.4 Å². The van der Waals surface area contributed by atoms with Gasteiger partial charge in [0.2, 0.25) is 0 Å². The monoisotopic (exact) mass is 252 g/mol. The molecule has 18 heavy (non-hydrogen) atoms. The third-order valence-electron chi connectivity index (χ3n) is 3.28. The maximum Gasteiger partial charge on any atom is 0.115 e. The predicted octanol–water partition coefficient (Wildman–Crippen LogP) is 1.22. The lowest BCUT2D eigenvalue weighted by Crippen LogP contribution is -2.42. The van der Waals surface area contributed by atoms with E-state index in [2.05, 4.69) is 28.7 Å². The fraction of sp³-hybridized carbons (Fsp3) is 0.692. The number of hydrogen-bond donors (Lipinski definition) is 1. The van der Waals surface area contributed by atoms with Gasteiger partial charge in [0.05, 0.1) is 18.3 Å². The van der Waals surface area contributed by atoms with Gasteiger partial charge in [0.15, 0.2) is 0 Å². The average molecular weight is 252 g/mol. The Labute approximate surface area is 109 Å². The summed E-state index contributed by atoms with van der Waals surface area (Å²) < 4.78 is 5.18. The molecule has 102 valence electrons. The zero-order valence-electron chi connectivity index (χ0n) is 11.5. The van der Waals surface area contributed by atoms with Crippen molar-refractivity contribution in [2.24, 2.45) is 5.73 Å². The van der Waals surface area contributed by atoms with Crippen LogP contribution in [-0.2, 0) is 4.74 Å². The molecule has 0 saturated heterocycles. The first kappa shape index (κ1) is 15.0. The molecule has 2 atom stereocenters. The highest BCUT2D eigenvalue weighted by Crippen LogP contribution is 2.20. The van der Waals surface area contributed by atoms with Crippen LogP contribution in [0.1, 0.15) is 32.0 Å². The Bertz CT molecular complexity index is 320. The van der Waals surface area contributed by atoms with Crippen LogP contribution in [0.4, 0.5) is 0 Å². The minimum Gasteiger partial charge on any atom is -0.383 e. The molecule has 1 heterocycles. The second-order valence-corrected chi connectivity index (χ2v) is 4.37. The van der Waals surface area contributed by atoms with E-state index in [0.717, 1.165) is 18.7 Å². The third kappa shape index (κ3) is 4.01. The molecule has 0 saturated carbocycles. The van der Waals surface area contributed by atoms with Crippen LogP contribution in [0, 0.1) is 0 Å². The van der Waals surface area contributed by atoms with Gasteiger partial charge in [0, 0.05) is 32.4 Å². The first-order valence-corrected chi connectivity index (χ1v) is 6.45. The van der Waals surface area contributed by atoms with Crippen molar-refractivity contribution in [3.8, 4) is 0 Å². The minimum atomic E-state index is 0.123. The smallest absolute Gasteiger partial charge is 0.115 e. The average Bonchev–Trinajstić information content (AvgIpc) is 2.43. The number of nitrogens with zero attached hydrogens (tertiary/aromatic N) is 3. The van der Waals surface area contributed by atoms with Crippen molar-refractivity contribution < 1.29 is 4.74 Å². The van der Waals surface area contributed by atoms with Gasteiger partial charge >= 0.3 is 0 Å². The normalized spacial score (nSPS) is 14.7. The second kappa shape index (κ2) is 8.13. The summed E-state index contributed by atoms with van der Waals surface area (Å²) in [7, 11) is 1.72. The molecule has 0 radical (unpaired) electrons. The Balaban J connectivity index is 2.86. The minimum absolute atomic E-state index is 0.123. The van der Waals surface area contributed by atoms with Crippen LogP contribution >= 0.6 is 0 Å². The van der Waals surface area contributed by atoms with E-state index in [1.165, 1.54) is 0 Å². The van der Waals surface area contributed by atoms with Crippen molar-refractivity contribution in [3.05, 3.63) is 24.3 Å². The van der Waals surface area contributed by atoms with E-state index in [1.807, 2.05) is 6.07 Å². The Morgan fingerprint density at radius 1 is 1.50 bits per heavy atom. The van der Waals surface area contributed by atoms with Crippen LogP contribution in [0.15, 0.2) is 18.6 Å². The van der Waals surface area contributed by atoms with E-state index in [-0.39, 0.29) is 6.04 Å². The van der Waals surface area contributed by atoms with Gasteiger partial charge in [-0.1, -0.05) is 6.92 Å².